The van der Waals surface area contributed by atoms with Gasteiger partial charge in [0.15, 0.2) is 0 Å². The number of rotatable bonds is 9. The quantitative estimate of drug-likeness (QED) is 0.529. The molecule has 0 unspecified atom stereocenters. The fourth-order valence-corrected chi connectivity index (χ4v) is 4.63. The lowest BCUT2D eigenvalue weighted by Gasteiger charge is -2.10. The van der Waals surface area contributed by atoms with Gasteiger partial charge in [-0.25, -0.2) is 13.1 Å². The van der Waals surface area contributed by atoms with E-state index in [4.69, 9.17) is 4.74 Å². The number of aryl methyl sites for hydroxylation is 1. The fraction of sp³-hybridized carbons (Fsp3) is 0.227. The zero-order chi connectivity index (χ0) is 21.6. The van der Waals surface area contributed by atoms with Crippen LogP contribution in [0.1, 0.15) is 26.4 Å². The van der Waals surface area contributed by atoms with Gasteiger partial charge in [0.1, 0.15) is 5.75 Å². The molecule has 0 bridgehead atoms. The smallest absolute Gasteiger partial charge is 0.251 e. The average molecular weight is 445 g/mol. The Bertz CT molecular complexity index is 1090. The Balaban J connectivity index is 1.56. The first-order valence-corrected chi connectivity index (χ1v) is 11.8. The highest BCUT2D eigenvalue weighted by molar-refractivity contribution is 7.89. The maximum absolute atomic E-state index is 12.4. The summed E-state index contributed by atoms with van der Waals surface area (Å²) in [6.45, 7) is 2.62. The molecular formula is C22H24N2O4S2. The number of thiophene rings is 1. The number of ether oxygens (including phenoxy) is 1. The molecule has 3 aromatic rings. The van der Waals surface area contributed by atoms with Crippen LogP contribution in [0.15, 0.2) is 64.9 Å². The molecule has 6 nitrogen and oxygen atoms in total. The Morgan fingerprint density at radius 2 is 1.87 bits per heavy atom. The van der Waals surface area contributed by atoms with Gasteiger partial charge in [-0.15, -0.1) is 11.3 Å². The molecule has 1 amide bonds. The number of methoxy groups -OCH3 is 1. The van der Waals surface area contributed by atoms with Gasteiger partial charge in [0.2, 0.25) is 10.0 Å². The molecule has 0 aliphatic rings. The van der Waals surface area contributed by atoms with Crippen LogP contribution in [0.3, 0.4) is 0 Å². The van der Waals surface area contributed by atoms with E-state index in [1.165, 1.54) is 24.3 Å². The van der Waals surface area contributed by atoms with E-state index in [9.17, 15) is 13.2 Å². The summed E-state index contributed by atoms with van der Waals surface area (Å²) >= 11 is 1.59. The Morgan fingerprint density at radius 1 is 1.10 bits per heavy atom. The third-order valence-electron chi connectivity index (χ3n) is 4.60. The van der Waals surface area contributed by atoms with Crippen LogP contribution >= 0.6 is 11.3 Å². The van der Waals surface area contributed by atoms with Crippen LogP contribution in [-0.4, -0.2) is 28.0 Å². The summed E-state index contributed by atoms with van der Waals surface area (Å²) in [5.41, 5.74) is 2.33. The SMILES string of the molecule is COc1cc(CNC(=O)c2ccc(S(=O)(=O)NCCc3cccs3)cc2)ccc1C. The zero-order valence-electron chi connectivity index (χ0n) is 16.8. The van der Waals surface area contributed by atoms with Crippen LogP contribution in [0.4, 0.5) is 0 Å². The van der Waals surface area contributed by atoms with Crippen LogP contribution in [-0.2, 0) is 23.0 Å². The van der Waals surface area contributed by atoms with Crippen molar-refractivity contribution in [2.45, 2.75) is 24.8 Å². The molecular weight excluding hydrogens is 420 g/mol. The van der Waals surface area contributed by atoms with Crippen LogP contribution in [0, 0.1) is 6.92 Å². The van der Waals surface area contributed by atoms with Gasteiger partial charge in [0, 0.05) is 23.5 Å². The van der Waals surface area contributed by atoms with Crippen molar-refractivity contribution in [3.63, 3.8) is 0 Å². The number of carbonyl (C=O) groups excluding carboxylic acids is 1. The highest BCUT2D eigenvalue weighted by atomic mass is 32.2. The Kier molecular flexibility index (Phi) is 7.25. The van der Waals surface area contributed by atoms with E-state index in [1.54, 1.807) is 18.4 Å². The van der Waals surface area contributed by atoms with Crippen LogP contribution in [0.2, 0.25) is 0 Å². The second-order valence-electron chi connectivity index (χ2n) is 6.74. The van der Waals surface area contributed by atoms with Crippen molar-refractivity contribution in [2.24, 2.45) is 0 Å². The highest BCUT2D eigenvalue weighted by Crippen LogP contribution is 2.19. The molecule has 1 heterocycles. The molecule has 30 heavy (non-hydrogen) atoms. The van der Waals surface area contributed by atoms with Crippen molar-refractivity contribution in [2.75, 3.05) is 13.7 Å². The molecule has 3 rings (SSSR count). The molecule has 0 saturated carbocycles. The number of hydrogen-bond acceptors (Lipinski definition) is 5. The first-order valence-electron chi connectivity index (χ1n) is 9.43. The largest absolute Gasteiger partial charge is 0.496 e. The molecule has 0 aliphatic carbocycles. The number of carbonyl (C=O) groups is 1. The van der Waals surface area contributed by atoms with E-state index in [2.05, 4.69) is 10.0 Å². The summed E-state index contributed by atoms with van der Waals surface area (Å²) in [6, 6.07) is 15.6. The van der Waals surface area contributed by atoms with Crippen molar-refractivity contribution in [3.8, 4) is 5.75 Å². The molecule has 0 aliphatic heterocycles. The number of hydrogen-bond donors (Lipinski definition) is 2. The summed E-state index contributed by atoms with van der Waals surface area (Å²) < 4.78 is 32.7. The molecule has 2 N–H and O–H groups in total. The van der Waals surface area contributed by atoms with E-state index in [-0.39, 0.29) is 10.8 Å². The van der Waals surface area contributed by atoms with Crippen molar-refractivity contribution in [1.29, 1.82) is 0 Å². The maximum atomic E-state index is 12.4. The Hall–Kier alpha value is -2.68. The summed E-state index contributed by atoms with van der Waals surface area (Å²) in [4.78, 5) is 13.7. The van der Waals surface area contributed by atoms with E-state index in [1.807, 2.05) is 42.6 Å². The third-order valence-corrected chi connectivity index (χ3v) is 7.01. The van der Waals surface area contributed by atoms with Gasteiger partial charge in [0.05, 0.1) is 12.0 Å². The van der Waals surface area contributed by atoms with E-state index in [0.29, 0.717) is 25.1 Å². The van der Waals surface area contributed by atoms with Gasteiger partial charge in [-0.3, -0.25) is 4.79 Å². The predicted octanol–water partition coefficient (Wildman–Crippen LogP) is 3.52. The highest BCUT2D eigenvalue weighted by Gasteiger charge is 2.15. The maximum Gasteiger partial charge on any atom is 0.251 e. The van der Waals surface area contributed by atoms with Crippen molar-refractivity contribution < 1.29 is 17.9 Å². The lowest BCUT2D eigenvalue weighted by atomic mass is 10.1. The zero-order valence-corrected chi connectivity index (χ0v) is 18.5. The van der Waals surface area contributed by atoms with Gasteiger partial charge in [-0.1, -0.05) is 18.2 Å². The Labute approximate surface area is 181 Å². The van der Waals surface area contributed by atoms with E-state index >= 15 is 0 Å². The van der Waals surface area contributed by atoms with Crippen LogP contribution < -0.4 is 14.8 Å². The lowest BCUT2D eigenvalue weighted by molar-refractivity contribution is 0.0950. The van der Waals surface area contributed by atoms with Gasteiger partial charge < -0.3 is 10.1 Å². The monoisotopic (exact) mass is 444 g/mol. The molecule has 0 spiro atoms. The van der Waals surface area contributed by atoms with Gasteiger partial charge in [0.25, 0.3) is 5.91 Å². The Morgan fingerprint density at radius 3 is 2.53 bits per heavy atom. The number of sulfonamides is 1. The second kappa shape index (κ2) is 9.88. The van der Waals surface area contributed by atoms with Crippen molar-refractivity contribution in [1.82, 2.24) is 10.0 Å². The minimum atomic E-state index is -3.61. The summed E-state index contributed by atoms with van der Waals surface area (Å²) in [5, 5.41) is 4.80. The standard InChI is InChI=1S/C22H24N2O4S2/c1-16-5-6-17(14-21(16)28-2)15-23-22(25)18-7-9-20(10-8-18)30(26,27)24-12-11-19-4-3-13-29-19/h3-10,13-14,24H,11-12,15H2,1-2H3,(H,23,25). The van der Waals surface area contributed by atoms with Crippen molar-refractivity contribution in [3.05, 3.63) is 81.5 Å². The molecule has 0 fully saturated rings. The van der Waals surface area contributed by atoms with Crippen LogP contribution in [0.25, 0.3) is 0 Å². The molecule has 0 radical (unpaired) electrons. The first kappa shape index (κ1) is 22.0. The third kappa shape index (κ3) is 5.69. The summed E-state index contributed by atoms with van der Waals surface area (Å²) in [5.74, 6) is 0.493. The second-order valence-corrected chi connectivity index (χ2v) is 9.54. The van der Waals surface area contributed by atoms with Crippen LogP contribution in [0.5, 0.6) is 5.75 Å². The summed E-state index contributed by atoms with van der Waals surface area (Å²) in [6.07, 6.45) is 0.640. The minimum Gasteiger partial charge on any atom is -0.496 e. The molecule has 1 aromatic heterocycles. The van der Waals surface area contributed by atoms with Crippen molar-refractivity contribution >= 4 is 27.3 Å². The molecule has 0 saturated heterocycles. The van der Waals surface area contributed by atoms with Gasteiger partial charge >= 0.3 is 0 Å². The molecule has 0 atom stereocenters. The molecule has 158 valence electrons. The number of nitrogens with one attached hydrogen (secondary N) is 2. The molecule has 8 heteroatoms. The lowest BCUT2D eigenvalue weighted by Crippen LogP contribution is -2.26. The minimum absolute atomic E-state index is 0.133. The van der Waals surface area contributed by atoms with Gasteiger partial charge in [-0.2, -0.15) is 0 Å². The first-order chi connectivity index (χ1) is 14.4. The van der Waals surface area contributed by atoms with E-state index < -0.39 is 10.0 Å². The average Bonchev–Trinajstić information content (AvgIpc) is 3.26. The predicted molar refractivity (Wildman–Crippen MR) is 119 cm³/mol. The topological polar surface area (TPSA) is 84.5 Å². The number of amides is 1. The fourth-order valence-electron chi connectivity index (χ4n) is 2.89. The molecule has 2 aromatic carbocycles. The normalized spacial score (nSPS) is 11.3. The van der Waals surface area contributed by atoms with Gasteiger partial charge in [-0.05, 0) is 66.2 Å². The van der Waals surface area contributed by atoms with E-state index in [0.717, 1.165) is 21.8 Å². The summed E-state index contributed by atoms with van der Waals surface area (Å²) in [7, 11) is -2.01. The number of benzene rings is 2.